The largest absolute Gasteiger partial charge is 1.00 e. The molecule has 0 spiro atoms. The van der Waals surface area contributed by atoms with Crippen LogP contribution in [0.4, 0.5) is 0 Å². The number of rotatable bonds is 13. The second-order valence-electron chi connectivity index (χ2n) is 10.2. The number of nitrogens with zero attached hydrogens (tertiary/aromatic N) is 1. The number of aryl methyl sites for hydroxylation is 2. The van der Waals surface area contributed by atoms with E-state index in [0.29, 0.717) is 23.8 Å². The van der Waals surface area contributed by atoms with Gasteiger partial charge in [0, 0.05) is 18.2 Å². The fourth-order valence-electron chi connectivity index (χ4n) is 4.91. The van der Waals surface area contributed by atoms with Gasteiger partial charge in [0.05, 0.1) is 0 Å². The van der Waals surface area contributed by atoms with Crippen molar-refractivity contribution < 1.29 is 39.8 Å². The maximum atomic E-state index is 12.8. The summed E-state index contributed by atoms with van der Waals surface area (Å²) in [5.41, 5.74) is 4.55. The molecule has 2 amide bonds. The molecule has 0 aliphatic heterocycles. The number of carbonyl (C=O) groups excluding carboxylic acids is 2. The van der Waals surface area contributed by atoms with E-state index in [1.54, 1.807) is 17.8 Å². The molecule has 2 N–H and O–H groups in total. The number of hydrogen-bond donors (Lipinski definition) is 2. The number of thioether (sulfide) groups is 1. The molecule has 0 aromatic heterocycles. The van der Waals surface area contributed by atoms with Crippen molar-refractivity contribution in [2.45, 2.75) is 90.6 Å². The second-order valence-corrected chi connectivity index (χ2v) is 11.2. The zero-order valence-electron chi connectivity index (χ0n) is 26.1. The summed E-state index contributed by atoms with van der Waals surface area (Å²) in [6, 6.07) is 13.3. The van der Waals surface area contributed by atoms with Gasteiger partial charge >= 0.3 is 24.8 Å². The molecule has 1 saturated carbocycles. The molecule has 8 heteroatoms. The van der Waals surface area contributed by atoms with E-state index in [4.69, 9.17) is 0 Å². The summed E-state index contributed by atoms with van der Waals surface area (Å²) in [6.07, 6.45) is 13.0. The van der Waals surface area contributed by atoms with Crippen LogP contribution in [0.3, 0.4) is 0 Å². The van der Waals surface area contributed by atoms with Crippen LogP contribution in [0.2, 0.25) is 0 Å². The van der Waals surface area contributed by atoms with E-state index >= 15 is 0 Å². The number of benzene rings is 2. The first-order chi connectivity index (χ1) is 18.9. The summed E-state index contributed by atoms with van der Waals surface area (Å²) in [5, 5.41) is 12.1. The molecular formula is C32H47LiN2O4S. The van der Waals surface area contributed by atoms with E-state index in [0.717, 1.165) is 48.1 Å². The van der Waals surface area contributed by atoms with Gasteiger partial charge in [-0.1, -0.05) is 75.9 Å². The first-order valence-electron chi connectivity index (χ1n) is 14.3. The molecule has 0 saturated heterocycles. The molecule has 1 fully saturated rings. The predicted octanol–water partition coefficient (Wildman–Crippen LogP) is 3.85. The average molecular weight is 563 g/mol. The van der Waals surface area contributed by atoms with Crippen LogP contribution in [0.25, 0.3) is 11.1 Å². The van der Waals surface area contributed by atoms with Gasteiger partial charge in [-0.25, -0.2) is 4.79 Å². The Bertz CT molecular complexity index is 1070. The fourth-order valence-corrected chi connectivity index (χ4v) is 5.38. The standard InChI is InChI=1S/C21H25NO3S.C11H21NO.Li.H/c1-4-15-9-10-17(18(13-15)16-8-6-5-7-14(16)2)20(23)22-19(21(24)25)11-12-26-3;1-2-3-9-12(10-13)11-7-5-4-6-8-11;;/h5-10,13,19H,4,11-12H2,1-3H3,(H,22,23)(H,24,25);10-11H,2-9H2,1H3;;/q;;+1;-1. The van der Waals surface area contributed by atoms with Crippen molar-refractivity contribution in [3.05, 3.63) is 59.2 Å². The molecule has 2 aromatic rings. The van der Waals surface area contributed by atoms with Gasteiger partial charge in [-0.3, -0.25) is 9.59 Å². The summed E-state index contributed by atoms with van der Waals surface area (Å²) in [6.45, 7) is 7.21. The molecule has 0 radical (unpaired) electrons. The van der Waals surface area contributed by atoms with Gasteiger partial charge in [-0.05, 0) is 79.4 Å². The van der Waals surface area contributed by atoms with Crippen molar-refractivity contribution in [3.8, 4) is 11.1 Å². The minimum Gasteiger partial charge on any atom is -1.00 e. The molecule has 216 valence electrons. The van der Waals surface area contributed by atoms with E-state index in [-0.39, 0.29) is 26.2 Å². The smallest absolute Gasteiger partial charge is 1.00 e. The van der Waals surface area contributed by atoms with Crippen molar-refractivity contribution in [2.75, 3.05) is 18.6 Å². The number of nitrogens with one attached hydrogen (secondary N) is 1. The normalized spacial score (nSPS) is 13.7. The molecule has 1 aliphatic carbocycles. The Morgan fingerprint density at radius 3 is 2.40 bits per heavy atom. The Morgan fingerprint density at radius 1 is 1.12 bits per heavy atom. The molecule has 0 heterocycles. The van der Waals surface area contributed by atoms with Crippen LogP contribution in [0.15, 0.2) is 42.5 Å². The molecule has 1 unspecified atom stereocenters. The van der Waals surface area contributed by atoms with Crippen LogP contribution in [-0.4, -0.2) is 58.9 Å². The molecule has 3 rings (SSSR count). The Kier molecular flexibility index (Phi) is 17.7. The van der Waals surface area contributed by atoms with Crippen LogP contribution in [0.1, 0.15) is 88.1 Å². The summed E-state index contributed by atoms with van der Waals surface area (Å²) in [5.74, 6) is -0.675. The van der Waals surface area contributed by atoms with Crippen molar-refractivity contribution >= 4 is 30.0 Å². The fraction of sp³-hybridized carbons (Fsp3) is 0.531. The zero-order chi connectivity index (χ0) is 28.6. The molecule has 1 atom stereocenters. The molecule has 2 aromatic carbocycles. The van der Waals surface area contributed by atoms with Crippen LogP contribution in [-0.2, 0) is 16.0 Å². The van der Waals surface area contributed by atoms with Gasteiger partial charge in [0.25, 0.3) is 5.91 Å². The first kappa shape index (κ1) is 35.8. The van der Waals surface area contributed by atoms with Crippen molar-refractivity contribution in [3.63, 3.8) is 0 Å². The molecule has 1 aliphatic rings. The number of carbonyl (C=O) groups is 3. The third kappa shape index (κ3) is 11.4. The van der Waals surface area contributed by atoms with Crippen LogP contribution >= 0.6 is 11.8 Å². The summed E-state index contributed by atoms with van der Waals surface area (Å²) >= 11 is 1.56. The van der Waals surface area contributed by atoms with Gasteiger partial charge in [0.2, 0.25) is 6.41 Å². The van der Waals surface area contributed by atoms with E-state index in [2.05, 4.69) is 19.2 Å². The summed E-state index contributed by atoms with van der Waals surface area (Å²) in [4.78, 5) is 37.2. The number of hydrogen-bond acceptors (Lipinski definition) is 4. The maximum absolute atomic E-state index is 12.8. The van der Waals surface area contributed by atoms with E-state index in [1.165, 1.54) is 38.5 Å². The Hall–Kier alpha value is -2.20. The second kappa shape index (κ2) is 19.8. The Morgan fingerprint density at radius 2 is 1.82 bits per heavy atom. The van der Waals surface area contributed by atoms with E-state index in [9.17, 15) is 19.5 Å². The number of carboxylic acids is 1. The molecule has 40 heavy (non-hydrogen) atoms. The van der Waals surface area contributed by atoms with Gasteiger partial charge in [-0.15, -0.1) is 0 Å². The van der Waals surface area contributed by atoms with Crippen LogP contribution in [0, 0.1) is 6.92 Å². The third-order valence-corrected chi connectivity index (χ3v) is 7.98. The summed E-state index contributed by atoms with van der Waals surface area (Å²) in [7, 11) is 0. The number of carboxylic acid groups (broad SMARTS) is 1. The Labute approximate surface area is 258 Å². The van der Waals surface area contributed by atoms with E-state index < -0.39 is 12.0 Å². The SMILES string of the molecule is CCCCN(C=O)C1CCCCC1.CCc1ccc(C(=O)NC(CCSC)C(=O)O)c(-c2ccccc2C)c1.[H-].[Li+]. The Balaban J connectivity index is 0.000000906. The quantitative estimate of drug-likeness (QED) is 0.286. The first-order valence-corrected chi connectivity index (χ1v) is 15.7. The average Bonchev–Trinajstić information content (AvgIpc) is 2.96. The predicted molar refractivity (Wildman–Crippen MR) is 164 cm³/mol. The van der Waals surface area contributed by atoms with Gasteiger partial charge in [-0.2, -0.15) is 11.8 Å². The minimum absolute atomic E-state index is 0. The number of unbranched alkanes of at least 4 members (excludes halogenated alkanes) is 1. The number of amides is 2. The molecule has 0 bridgehead atoms. The molecular weight excluding hydrogens is 515 g/mol. The van der Waals surface area contributed by atoms with Crippen molar-refractivity contribution in [1.82, 2.24) is 10.2 Å². The van der Waals surface area contributed by atoms with Crippen molar-refractivity contribution in [2.24, 2.45) is 0 Å². The van der Waals surface area contributed by atoms with Crippen molar-refractivity contribution in [1.29, 1.82) is 0 Å². The van der Waals surface area contributed by atoms with Gasteiger partial charge in [0.1, 0.15) is 6.04 Å². The minimum atomic E-state index is -1.00. The molecule has 6 nitrogen and oxygen atoms in total. The van der Waals surface area contributed by atoms with Gasteiger partial charge in [0.15, 0.2) is 0 Å². The zero-order valence-corrected chi connectivity index (χ0v) is 25.9. The van der Waals surface area contributed by atoms with Crippen LogP contribution < -0.4 is 24.2 Å². The van der Waals surface area contributed by atoms with Crippen LogP contribution in [0.5, 0.6) is 0 Å². The monoisotopic (exact) mass is 562 g/mol. The summed E-state index contributed by atoms with van der Waals surface area (Å²) < 4.78 is 0. The number of aliphatic carboxylic acids is 1. The maximum Gasteiger partial charge on any atom is 1.00 e. The third-order valence-electron chi connectivity index (χ3n) is 7.34. The van der Waals surface area contributed by atoms with Gasteiger partial charge < -0.3 is 16.7 Å². The topological polar surface area (TPSA) is 86.7 Å². The van der Waals surface area contributed by atoms with E-state index in [1.807, 2.05) is 54.5 Å².